The van der Waals surface area contributed by atoms with Crippen LogP contribution in [0.5, 0.6) is 0 Å². The van der Waals surface area contributed by atoms with Crippen LogP contribution in [0.15, 0.2) is 22.7 Å². The van der Waals surface area contributed by atoms with Gasteiger partial charge < -0.3 is 5.32 Å². The number of hydrogen-bond acceptors (Lipinski definition) is 3. The second-order valence-corrected chi connectivity index (χ2v) is 5.02. The molecule has 1 aromatic heterocycles. The lowest BCUT2D eigenvalue weighted by molar-refractivity contribution is 0.619. The van der Waals surface area contributed by atoms with Crippen LogP contribution in [0.1, 0.15) is 18.2 Å². The lowest BCUT2D eigenvalue weighted by Crippen LogP contribution is -2.03. The highest BCUT2D eigenvalue weighted by Crippen LogP contribution is 2.27. The topological polar surface area (TPSA) is 37.8 Å². The van der Waals surface area contributed by atoms with Crippen LogP contribution in [-0.2, 0) is 6.42 Å². The summed E-state index contributed by atoms with van der Waals surface area (Å²) in [7, 11) is 1.80. The number of hydrogen-bond donors (Lipinski definition) is 1. The number of benzene rings is 1. The van der Waals surface area contributed by atoms with E-state index in [1.165, 1.54) is 6.07 Å². The molecule has 1 heterocycles. The minimum absolute atomic E-state index is 0.243. The summed E-state index contributed by atoms with van der Waals surface area (Å²) < 4.78 is 14.5. The number of anilines is 1. The highest BCUT2D eigenvalue weighted by Gasteiger charge is 2.12. The van der Waals surface area contributed by atoms with Gasteiger partial charge in [0.1, 0.15) is 11.6 Å². The fraction of sp³-hybridized carbons (Fsp3) is 0.286. The molecule has 2 aromatic rings. The molecular formula is C14H15BrFN3. The maximum Gasteiger partial charge on any atom is 0.161 e. The third kappa shape index (κ3) is 2.76. The van der Waals surface area contributed by atoms with Crippen molar-refractivity contribution in [1.29, 1.82) is 0 Å². The number of rotatable bonds is 3. The fourth-order valence-corrected chi connectivity index (χ4v) is 2.41. The molecule has 0 unspecified atom stereocenters. The maximum absolute atomic E-state index is 13.6. The number of nitrogens with zero attached hydrogens (tertiary/aromatic N) is 2. The number of aryl methyl sites for hydroxylation is 2. The molecule has 0 bridgehead atoms. The molecule has 5 heteroatoms. The van der Waals surface area contributed by atoms with Crippen molar-refractivity contribution in [3.05, 3.63) is 39.7 Å². The minimum Gasteiger partial charge on any atom is -0.372 e. The van der Waals surface area contributed by atoms with E-state index in [9.17, 15) is 4.39 Å². The van der Waals surface area contributed by atoms with Crippen molar-refractivity contribution in [3.8, 4) is 11.4 Å². The third-order valence-electron chi connectivity index (χ3n) is 2.92. The zero-order valence-electron chi connectivity index (χ0n) is 11.1. The van der Waals surface area contributed by atoms with Crippen molar-refractivity contribution in [2.75, 3.05) is 12.4 Å². The molecule has 0 radical (unpaired) electrons. The van der Waals surface area contributed by atoms with E-state index in [2.05, 4.69) is 31.2 Å². The van der Waals surface area contributed by atoms with Gasteiger partial charge in [-0.3, -0.25) is 0 Å². The quantitative estimate of drug-likeness (QED) is 0.929. The van der Waals surface area contributed by atoms with Gasteiger partial charge in [0.25, 0.3) is 0 Å². The predicted octanol–water partition coefficient (Wildman–Crippen LogP) is 3.96. The molecular weight excluding hydrogens is 309 g/mol. The first-order valence-electron chi connectivity index (χ1n) is 6.07. The summed E-state index contributed by atoms with van der Waals surface area (Å²) in [5.74, 6) is 0.999. The van der Waals surface area contributed by atoms with Gasteiger partial charge in [-0.2, -0.15) is 0 Å². The van der Waals surface area contributed by atoms with Crippen LogP contribution in [0.4, 0.5) is 10.2 Å². The van der Waals surface area contributed by atoms with Crippen molar-refractivity contribution in [1.82, 2.24) is 9.97 Å². The van der Waals surface area contributed by atoms with E-state index in [4.69, 9.17) is 0 Å². The smallest absolute Gasteiger partial charge is 0.161 e. The van der Waals surface area contributed by atoms with Crippen molar-refractivity contribution in [2.24, 2.45) is 0 Å². The van der Waals surface area contributed by atoms with Crippen molar-refractivity contribution in [2.45, 2.75) is 20.3 Å². The monoisotopic (exact) mass is 323 g/mol. The summed E-state index contributed by atoms with van der Waals surface area (Å²) in [6.07, 6.45) is 0.777. The molecule has 100 valence electrons. The number of aromatic nitrogens is 2. The Hall–Kier alpha value is -1.49. The molecule has 1 N–H and O–H groups in total. The maximum atomic E-state index is 13.6. The SMILES string of the molecule is CCc1nc(-c2ccc(C)c(F)c2)nc(NC)c1Br. The summed E-state index contributed by atoms with van der Waals surface area (Å²) in [5, 5.41) is 3.01. The first kappa shape index (κ1) is 13.9. The third-order valence-corrected chi connectivity index (χ3v) is 3.75. The Balaban J connectivity index is 2.58. The van der Waals surface area contributed by atoms with E-state index in [0.29, 0.717) is 22.8 Å². The average Bonchev–Trinajstić information content (AvgIpc) is 2.42. The van der Waals surface area contributed by atoms with Crippen LogP contribution in [0.25, 0.3) is 11.4 Å². The molecule has 1 aromatic carbocycles. The van der Waals surface area contributed by atoms with Crippen molar-refractivity contribution < 1.29 is 4.39 Å². The Bertz CT molecular complexity index is 589. The molecule has 0 atom stereocenters. The highest BCUT2D eigenvalue weighted by atomic mass is 79.9. The summed E-state index contributed by atoms with van der Waals surface area (Å²) in [4.78, 5) is 8.88. The largest absolute Gasteiger partial charge is 0.372 e. The molecule has 0 aliphatic heterocycles. The molecule has 0 aliphatic carbocycles. The molecule has 0 aliphatic rings. The van der Waals surface area contributed by atoms with Crippen LogP contribution in [0.3, 0.4) is 0 Å². The van der Waals surface area contributed by atoms with Gasteiger partial charge in [-0.05, 0) is 40.9 Å². The van der Waals surface area contributed by atoms with Gasteiger partial charge in [0.05, 0.1) is 10.2 Å². The average molecular weight is 324 g/mol. The second kappa shape index (κ2) is 5.65. The summed E-state index contributed by atoms with van der Waals surface area (Å²) in [5.41, 5.74) is 2.20. The minimum atomic E-state index is -0.243. The van der Waals surface area contributed by atoms with Crippen LogP contribution in [0, 0.1) is 12.7 Å². The Morgan fingerprint density at radius 2 is 2.05 bits per heavy atom. The van der Waals surface area contributed by atoms with Gasteiger partial charge in [0, 0.05) is 12.6 Å². The van der Waals surface area contributed by atoms with Gasteiger partial charge in [0.2, 0.25) is 0 Å². The van der Waals surface area contributed by atoms with Gasteiger partial charge in [0.15, 0.2) is 5.82 Å². The van der Waals surface area contributed by atoms with E-state index in [1.807, 2.05) is 13.0 Å². The zero-order valence-corrected chi connectivity index (χ0v) is 12.7. The van der Waals surface area contributed by atoms with E-state index < -0.39 is 0 Å². The normalized spacial score (nSPS) is 10.6. The van der Waals surface area contributed by atoms with Gasteiger partial charge in [-0.15, -0.1) is 0 Å². The lowest BCUT2D eigenvalue weighted by atomic mass is 10.1. The Morgan fingerprint density at radius 1 is 1.32 bits per heavy atom. The number of halogens is 2. The highest BCUT2D eigenvalue weighted by molar-refractivity contribution is 9.10. The Labute approximate surface area is 120 Å². The van der Waals surface area contributed by atoms with Crippen molar-refractivity contribution in [3.63, 3.8) is 0 Å². The van der Waals surface area contributed by atoms with Gasteiger partial charge in [-0.1, -0.05) is 19.1 Å². The fourth-order valence-electron chi connectivity index (χ4n) is 1.75. The van der Waals surface area contributed by atoms with Crippen molar-refractivity contribution >= 4 is 21.7 Å². The van der Waals surface area contributed by atoms with Crippen LogP contribution in [0.2, 0.25) is 0 Å². The van der Waals surface area contributed by atoms with Crippen LogP contribution >= 0.6 is 15.9 Å². The Kier molecular flexibility index (Phi) is 4.14. The molecule has 2 rings (SSSR count). The second-order valence-electron chi connectivity index (χ2n) is 4.22. The first-order chi connectivity index (χ1) is 9.06. The molecule has 0 saturated carbocycles. The standard InChI is InChI=1S/C14H15BrFN3/c1-4-11-12(15)14(17-3)19-13(18-11)9-6-5-8(2)10(16)7-9/h5-7H,4H2,1-3H3,(H,17,18,19). The zero-order chi connectivity index (χ0) is 14.0. The summed E-state index contributed by atoms with van der Waals surface area (Å²) in [6.45, 7) is 3.75. The molecule has 3 nitrogen and oxygen atoms in total. The van der Waals surface area contributed by atoms with Crippen LogP contribution < -0.4 is 5.32 Å². The summed E-state index contributed by atoms with van der Waals surface area (Å²) >= 11 is 3.47. The van der Waals surface area contributed by atoms with E-state index in [0.717, 1.165) is 16.6 Å². The van der Waals surface area contributed by atoms with E-state index in [-0.39, 0.29) is 5.82 Å². The molecule has 0 saturated heterocycles. The lowest BCUT2D eigenvalue weighted by Gasteiger charge is -2.10. The van der Waals surface area contributed by atoms with E-state index in [1.54, 1.807) is 20.0 Å². The van der Waals surface area contributed by atoms with Gasteiger partial charge in [-0.25, -0.2) is 14.4 Å². The molecule has 0 fully saturated rings. The molecule has 0 amide bonds. The molecule has 19 heavy (non-hydrogen) atoms. The molecule has 0 spiro atoms. The Morgan fingerprint density at radius 3 is 2.63 bits per heavy atom. The summed E-state index contributed by atoms with van der Waals surface area (Å²) in [6, 6.07) is 5.04. The first-order valence-corrected chi connectivity index (χ1v) is 6.86. The number of nitrogens with one attached hydrogen (secondary N) is 1. The van der Waals surface area contributed by atoms with Gasteiger partial charge >= 0.3 is 0 Å². The predicted molar refractivity (Wildman–Crippen MR) is 78.8 cm³/mol. The van der Waals surface area contributed by atoms with E-state index >= 15 is 0 Å². The van der Waals surface area contributed by atoms with Crippen LogP contribution in [-0.4, -0.2) is 17.0 Å².